The van der Waals surface area contributed by atoms with E-state index in [1.165, 1.54) is 24.3 Å². The van der Waals surface area contributed by atoms with Crippen molar-refractivity contribution in [3.8, 4) is 6.07 Å². The Bertz CT molecular complexity index is 774. The van der Waals surface area contributed by atoms with Crippen LogP contribution in [-0.2, 0) is 9.53 Å². The van der Waals surface area contributed by atoms with Crippen LogP contribution in [0.3, 0.4) is 0 Å². The summed E-state index contributed by atoms with van der Waals surface area (Å²) >= 11 is 0. The summed E-state index contributed by atoms with van der Waals surface area (Å²) in [4.78, 5) is 24.0. The fourth-order valence-electron chi connectivity index (χ4n) is 2.35. The third-order valence-corrected chi connectivity index (χ3v) is 3.81. The van der Waals surface area contributed by atoms with Crippen LogP contribution in [-0.4, -0.2) is 18.5 Å². The molecule has 1 amide bonds. The molecule has 5 nitrogen and oxygen atoms in total. The van der Waals surface area contributed by atoms with E-state index in [1.807, 2.05) is 44.2 Å². The van der Waals surface area contributed by atoms with E-state index in [2.05, 4.69) is 5.32 Å². The van der Waals surface area contributed by atoms with Crippen molar-refractivity contribution in [2.24, 2.45) is 0 Å². The van der Waals surface area contributed by atoms with Crippen LogP contribution in [0.25, 0.3) is 0 Å². The molecule has 0 aromatic heterocycles. The third-order valence-electron chi connectivity index (χ3n) is 3.81. The first-order chi connectivity index (χ1) is 12.0. The van der Waals surface area contributed by atoms with Crippen molar-refractivity contribution >= 4 is 11.9 Å². The highest BCUT2D eigenvalue weighted by atomic mass is 16.5. The van der Waals surface area contributed by atoms with Gasteiger partial charge in [-0.1, -0.05) is 36.8 Å². The Labute approximate surface area is 147 Å². The van der Waals surface area contributed by atoms with Gasteiger partial charge in [0, 0.05) is 0 Å². The van der Waals surface area contributed by atoms with Gasteiger partial charge < -0.3 is 10.1 Å². The molecule has 0 aliphatic rings. The van der Waals surface area contributed by atoms with E-state index >= 15 is 0 Å². The number of carbonyl (C=O) groups excluding carboxylic acids is 2. The lowest BCUT2D eigenvalue weighted by Gasteiger charge is -2.17. The monoisotopic (exact) mass is 336 g/mol. The van der Waals surface area contributed by atoms with Crippen molar-refractivity contribution in [2.45, 2.75) is 26.3 Å². The lowest BCUT2D eigenvalue weighted by atomic mass is 10.0. The molecule has 0 fully saturated rings. The number of esters is 1. The summed E-state index contributed by atoms with van der Waals surface area (Å²) in [6.45, 7) is 3.64. The number of hydrogen-bond acceptors (Lipinski definition) is 4. The molecule has 1 N–H and O–H groups in total. The van der Waals surface area contributed by atoms with Gasteiger partial charge in [0.15, 0.2) is 6.61 Å². The van der Waals surface area contributed by atoms with Crippen molar-refractivity contribution in [3.05, 3.63) is 70.8 Å². The standard InChI is InChI=1S/C20H20N2O3/c1-3-18(16-8-4-14(2)5-9-16)22-19(23)13-25-20(24)17-10-6-15(12-21)7-11-17/h4-11,18H,3,13H2,1-2H3,(H,22,23)/t18-/m1/s1. The zero-order valence-electron chi connectivity index (χ0n) is 14.3. The number of hydrogen-bond donors (Lipinski definition) is 1. The van der Waals surface area contributed by atoms with Gasteiger partial charge in [-0.3, -0.25) is 4.79 Å². The number of amides is 1. The number of nitrogens with zero attached hydrogens (tertiary/aromatic N) is 1. The molecule has 0 radical (unpaired) electrons. The van der Waals surface area contributed by atoms with Gasteiger partial charge in [-0.15, -0.1) is 0 Å². The van der Waals surface area contributed by atoms with Crippen molar-refractivity contribution in [1.29, 1.82) is 5.26 Å². The van der Waals surface area contributed by atoms with E-state index in [4.69, 9.17) is 10.00 Å². The molecule has 2 aromatic rings. The molecule has 0 bridgehead atoms. The molecule has 0 heterocycles. The van der Waals surface area contributed by atoms with Crippen LogP contribution in [0.4, 0.5) is 0 Å². The van der Waals surface area contributed by atoms with Gasteiger partial charge in [0.25, 0.3) is 5.91 Å². The smallest absolute Gasteiger partial charge is 0.338 e. The molecule has 0 spiro atoms. The van der Waals surface area contributed by atoms with Gasteiger partial charge in [-0.05, 0) is 43.2 Å². The topological polar surface area (TPSA) is 79.2 Å². The molecule has 2 rings (SSSR count). The van der Waals surface area contributed by atoms with Gasteiger partial charge in [-0.25, -0.2) is 4.79 Å². The Morgan fingerprint density at radius 2 is 1.76 bits per heavy atom. The predicted octanol–water partition coefficient (Wildman–Crippen LogP) is 3.29. The third kappa shape index (κ3) is 5.18. The Hall–Kier alpha value is -3.13. The fraction of sp³-hybridized carbons (Fsp3) is 0.250. The number of rotatable bonds is 6. The molecule has 5 heteroatoms. The van der Waals surface area contributed by atoms with Gasteiger partial charge in [0.1, 0.15) is 0 Å². The second-order valence-corrected chi connectivity index (χ2v) is 5.70. The Morgan fingerprint density at radius 1 is 1.12 bits per heavy atom. The number of carbonyl (C=O) groups is 2. The normalized spacial score (nSPS) is 11.2. The Balaban J connectivity index is 1.89. The van der Waals surface area contributed by atoms with E-state index in [1.54, 1.807) is 0 Å². The number of aryl methyl sites for hydroxylation is 1. The summed E-state index contributed by atoms with van der Waals surface area (Å²) in [5.74, 6) is -0.947. The minimum atomic E-state index is -0.594. The summed E-state index contributed by atoms with van der Waals surface area (Å²) < 4.78 is 5.03. The van der Waals surface area contributed by atoms with Crippen molar-refractivity contribution in [3.63, 3.8) is 0 Å². The molecule has 128 valence electrons. The van der Waals surface area contributed by atoms with Crippen LogP contribution in [0.15, 0.2) is 48.5 Å². The number of nitrogens with one attached hydrogen (secondary N) is 1. The van der Waals surface area contributed by atoms with Crippen molar-refractivity contribution in [2.75, 3.05) is 6.61 Å². The van der Waals surface area contributed by atoms with E-state index < -0.39 is 5.97 Å². The molecule has 0 aliphatic heterocycles. The summed E-state index contributed by atoms with van der Waals surface area (Å²) in [5.41, 5.74) is 2.93. The van der Waals surface area contributed by atoms with Crippen molar-refractivity contribution in [1.82, 2.24) is 5.32 Å². The highest BCUT2D eigenvalue weighted by Gasteiger charge is 2.15. The highest BCUT2D eigenvalue weighted by Crippen LogP contribution is 2.17. The molecule has 0 saturated carbocycles. The van der Waals surface area contributed by atoms with Gasteiger partial charge in [-0.2, -0.15) is 5.26 Å². The second kappa shape index (κ2) is 8.65. The molecular formula is C20H20N2O3. The summed E-state index contributed by atoms with van der Waals surface area (Å²) in [7, 11) is 0. The SMILES string of the molecule is CC[C@@H](NC(=O)COC(=O)c1ccc(C#N)cc1)c1ccc(C)cc1. The van der Waals surface area contributed by atoms with E-state index in [0.29, 0.717) is 11.1 Å². The highest BCUT2D eigenvalue weighted by molar-refractivity contribution is 5.91. The predicted molar refractivity (Wildman–Crippen MR) is 93.8 cm³/mol. The van der Waals surface area contributed by atoms with Gasteiger partial charge in [0.05, 0.1) is 23.2 Å². The van der Waals surface area contributed by atoms with Gasteiger partial charge >= 0.3 is 5.97 Å². The van der Waals surface area contributed by atoms with E-state index in [9.17, 15) is 9.59 Å². The van der Waals surface area contributed by atoms with Crippen molar-refractivity contribution < 1.29 is 14.3 Å². The van der Waals surface area contributed by atoms with Crippen LogP contribution < -0.4 is 5.32 Å². The first kappa shape index (κ1) is 18.2. The van der Waals surface area contributed by atoms with Crippen LogP contribution in [0, 0.1) is 18.3 Å². The molecule has 0 saturated heterocycles. The zero-order chi connectivity index (χ0) is 18.2. The maximum atomic E-state index is 12.1. The molecule has 25 heavy (non-hydrogen) atoms. The maximum Gasteiger partial charge on any atom is 0.338 e. The Kier molecular flexibility index (Phi) is 6.30. The van der Waals surface area contributed by atoms with Gasteiger partial charge in [0.2, 0.25) is 0 Å². The molecule has 0 unspecified atom stereocenters. The van der Waals surface area contributed by atoms with Crippen LogP contribution in [0.2, 0.25) is 0 Å². The minimum Gasteiger partial charge on any atom is -0.452 e. The number of ether oxygens (including phenoxy) is 1. The zero-order valence-corrected chi connectivity index (χ0v) is 14.3. The first-order valence-corrected chi connectivity index (χ1v) is 8.06. The lowest BCUT2D eigenvalue weighted by molar-refractivity contribution is -0.125. The molecule has 2 aromatic carbocycles. The average molecular weight is 336 g/mol. The van der Waals surface area contributed by atoms with Crippen LogP contribution >= 0.6 is 0 Å². The van der Waals surface area contributed by atoms with E-state index in [-0.39, 0.29) is 18.6 Å². The first-order valence-electron chi connectivity index (χ1n) is 8.06. The second-order valence-electron chi connectivity index (χ2n) is 5.70. The van der Waals surface area contributed by atoms with Crippen LogP contribution in [0.1, 0.15) is 46.4 Å². The Morgan fingerprint density at radius 3 is 2.32 bits per heavy atom. The quantitative estimate of drug-likeness (QED) is 0.821. The molecule has 0 aliphatic carbocycles. The maximum absolute atomic E-state index is 12.1. The van der Waals surface area contributed by atoms with Crippen LogP contribution in [0.5, 0.6) is 0 Å². The average Bonchev–Trinajstić information content (AvgIpc) is 2.65. The summed E-state index contributed by atoms with van der Waals surface area (Å²) in [6.07, 6.45) is 0.734. The summed E-state index contributed by atoms with van der Waals surface area (Å²) in [6, 6.07) is 15.9. The largest absolute Gasteiger partial charge is 0.452 e. The number of benzene rings is 2. The number of nitriles is 1. The summed E-state index contributed by atoms with van der Waals surface area (Å²) in [5, 5.41) is 11.6. The molecule has 1 atom stereocenters. The minimum absolute atomic E-state index is 0.123. The van der Waals surface area contributed by atoms with E-state index in [0.717, 1.165) is 17.5 Å². The fourth-order valence-corrected chi connectivity index (χ4v) is 2.35. The lowest BCUT2D eigenvalue weighted by Crippen LogP contribution is -2.32. The molecular weight excluding hydrogens is 316 g/mol.